The van der Waals surface area contributed by atoms with Crippen molar-refractivity contribution in [3.05, 3.63) is 47.5 Å². The van der Waals surface area contributed by atoms with Gasteiger partial charge < -0.3 is 10.0 Å². The lowest BCUT2D eigenvalue weighted by molar-refractivity contribution is 0.475. The van der Waals surface area contributed by atoms with Crippen molar-refractivity contribution in [2.24, 2.45) is 0 Å². The van der Waals surface area contributed by atoms with Crippen molar-refractivity contribution >= 4 is 24.9 Å². The van der Waals surface area contributed by atoms with Crippen molar-refractivity contribution in [1.29, 1.82) is 0 Å². The molecule has 0 aliphatic heterocycles. The van der Waals surface area contributed by atoms with Gasteiger partial charge in [0.25, 0.3) is 0 Å². The van der Waals surface area contributed by atoms with Gasteiger partial charge in [-0.2, -0.15) is 0 Å². The Kier molecular flexibility index (Phi) is 5.70. The summed E-state index contributed by atoms with van der Waals surface area (Å²) in [5, 5.41) is 12.7. The molecule has 2 aromatic carbocycles. The predicted octanol–water partition coefficient (Wildman–Crippen LogP) is 4.26. The van der Waals surface area contributed by atoms with Crippen molar-refractivity contribution in [3.63, 3.8) is 0 Å². The van der Waals surface area contributed by atoms with Crippen molar-refractivity contribution in [2.75, 3.05) is 4.90 Å². The Morgan fingerprint density at radius 3 is 2.04 bits per heavy atom. The SMILES string of the molecule is Cc1cccc(Pc2c(C)cccc2N(C(C)C)C(C)C)c1O. The minimum absolute atomic E-state index is 0.431. The van der Waals surface area contributed by atoms with Crippen LogP contribution in [0.5, 0.6) is 5.75 Å². The fourth-order valence-electron chi connectivity index (χ4n) is 3.08. The third kappa shape index (κ3) is 3.87. The summed E-state index contributed by atoms with van der Waals surface area (Å²) in [4.78, 5) is 2.46. The highest BCUT2D eigenvalue weighted by Gasteiger charge is 2.19. The van der Waals surface area contributed by atoms with Gasteiger partial charge in [0, 0.05) is 28.4 Å². The van der Waals surface area contributed by atoms with Crippen molar-refractivity contribution in [2.45, 2.75) is 53.6 Å². The molecule has 0 fully saturated rings. The minimum Gasteiger partial charge on any atom is -0.507 e. The highest BCUT2D eigenvalue weighted by Crippen LogP contribution is 2.29. The highest BCUT2D eigenvalue weighted by atomic mass is 31.1. The summed E-state index contributed by atoms with van der Waals surface area (Å²) >= 11 is 0. The molecule has 0 heterocycles. The van der Waals surface area contributed by atoms with Gasteiger partial charge in [0.1, 0.15) is 5.75 Å². The lowest BCUT2D eigenvalue weighted by Crippen LogP contribution is -2.39. The Balaban J connectivity index is 2.52. The first kappa shape index (κ1) is 17.8. The number of hydrogen-bond acceptors (Lipinski definition) is 2. The molecule has 23 heavy (non-hydrogen) atoms. The third-order valence-corrected chi connectivity index (χ3v) is 5.71. The monoisotopic (exact) mass is 329 g/mol. The number of phenols is 1. The number of para-hydroxylation sites is 1. The van der Waals surface area contributed by atoms with Gasteiger partial charge >= 0.3 is 0 Å². The molecular weight excluding hydrogens is 301 g/mol. The smallest absolute Gasteiger partial charge is 0.126 e. The summed E-state index contributed by atoms with van der Waals surface area (Å²) in [5.74, 6) is 0.431. The number of hydrogen-bond donors (Lipinski definition) is 1. The fourth-order valence-corrected chi connectivity index (χ4v) is 4.46. The average Bonchev–Trinajstić information content (AvgIpc) is 2.46. The quantitative estimate of drug-likeness (QED) is 0.829. The standard InChI is InChI=1S/C20H28NOP/c1-13(2)21(14(3)4)17-11-7-10-16(6)20(17)23-18-12-8-9-15(5)19(18)22/h7-14,22-23H,1-6H3. The summed E-state index contributed by atoms with van der Waals surface area (Å²) in [7, 11) is 0.456. The number of benzene rings is 2. The molecule has 0 aliphatic rings. The van der Waals surface area contributed by atoms with E-state index in [-0.39, 0.29) is 0 Å². The topological polar surface area (TPSA) is 23.5 Å². The number of phenolic OH excluding ortho intramolecular Hbond substituents is 1. The zero-order valence-electron chi connectivity index (χ0n) is 15.0. The maximum Gasteiger partial charge on any atom is 0.126 e. The molecule has 0 spiro atoms. The molecule has 2 rings (SSSR count). The molecule has 1 unspecified atom stereocenters. The number of nitrogens with zero attached hydrogens (tertiary/aromatic N) is 1. The first-order valence-corrected chi connectivity index (χ1v) is 9.26. The molecule has 2 aromatic rings. The molecule has 0 bridgehead atoms. The molecule has 0 aromatic heterocycles. The molecule has 3 heteroatoms. The molecule has 0 amide bonds. The molecule has 2 nitrogen and oxygen atoms in total. The van der Waals surface area contributed by atoms with Gasteiger partial charge in [-0.1, -0.05) is 38.9 Å². The van der Waals surface area contributed by atoms with Gasteiger partial charge in [-0.3, -0.25) is 0 Å². The molecule has 0 saturated carbocycles. The number of aryl methyl sites for hydroxylation is 2. The Labute approximate surface area is 142 Å². The van der Waals surface area contributed by atoms with Crippen LogP contribution >= 0.6 is 8.58 Å². The Morgan fingerprint density at radius 2 is 1.43 bits per heavy atom. The normalized spacial score (nSPS) is 11.8. The van der Waals surface area contributed by atoms with Crippen LogP contribution in [0, 0.1) is 13.8 Å². The van der Waals surface area contributed by atoms with Crippen molar-refractivity contribution < 1.29 is 5.11 Å². The van der Waals surface area contributed by atoms with E-state index < -0.39 is 0 Å². The summed E-state index contributed by atoms with van der Waals surface area (Å²) < 4.78 is 0. The van der Waals surface area contributed by atoms with Gasteiger partial charge in [-0.05, 0) is 58.7 Å². The largest absolute Gasteiger partial charge is 0.507 e. The van der Waals surface area contributed by atoms with Crippen LogP contribution in [0.25, 0.3) is 0 Å². The van der Waals surface area contributed by atoms with Crippen LogP contribution in [0.4, 0.5) is 5.69 Å². The zero-order chi connectivity index (χ0) is 17.1. The van der Waals surface area contributed by atoms with E-state index in [2.05, 4.69) is 57.7 Å². The van der Waals surface area contributed by atoms with Crippen LogP contribution in [0.15, 0.2) is 36.4 Å². The van der Waals surface area contributed by atoms with Crippen LogP contribution in [0.3, 0.4) is 0 Å². The van der Waals surface area contributed by atoms with E-state index in [0.29, 0.717) is 26.4 Å². The van der Waals surface area contributed by atoms with Crippen LogP contribution in [-0.2, 0) is 0 Å². The van der Waals surface area contributed by atoms with E-state index >= 15 is 0 Å². The highest BCUT2D eigenvalue weighted by molar-refractivity contribution is 7.56. The van der Waals surface area contributed by atoms with Crippen LogP contribution < -0.4 is 15.5 Å². The molecular formula is C20H28NOP. The van der Waals surface area contributed by atoms with Gasteiger partial charge in [0.15, 0.2) is 0 Å². The molecule has 1 atom stereocenters. The maximum atomic E-state index is 10.4. The second-order valence-corrected chi connectivity index (χ2v) is 7.95. The summed E-state index contributed by atoms with van der Waals surface area (Å²) in [6.45, 7) is 13.1. The van der Waals surface area contributed by atoms with Crippen molar-refractivity contribution in [1.82, 2.24) is 0 Å². The lowest BCUT2D eigenvalue weighted by Gasteiger charge is -2.35. The molecule has 1 N–H and O–H groups in total. The summed E-state index contributed by atoms with van der Waals surface area (Å²) in [5.41, 5.74) is 3.51. The second-order valence-electron chi connectivity index (χ2n) is 6.66. The first-order valence-electron chi connectivity index (χ1n) is 8.26. The summed E-state index contributed by atoms with van der Waals surface area (Å²) in [6, 6.07) is 13.4. The second kappa shape index (κ2) is 7.36. The molecule has 0 radical (unpaired) electrons. The van der Waals surface area contributed by atoms with Gasteiger partial charge in [0.05, 0.1) is 0 Å². The van der Waals surface area contributed by atoms with Gasteiger partial charge in [-0.15, -0.1) is 0 Å². The van der Waals surface area contributed by atoms with E-state index in [9.17, 15) is 5.11 Å². The predicted molar refractivity (Wildman–Crippen MR) is 104 cm³/mol. The van der Waals surface area contributed by atoms with Gasteiger partial charge in [-0.25, -0.2) is 0 Å². The third-order valence-electron chi connectivity index (χ3n) is 4.14. The first-order chi connectivity index (χ1) is 10.8. The van der Waals surface area contributed by atoms with Crippen LogP contribution in [0.1, 0.15) is 38.8 Å². The minimum atomic E-state index is 0.431. The van der Waals surface area contributed by atoms with Crippen LogP contribution in [0.2, 0.25) is 0 Å². The number of rotatable bonds is 5. The van der Waals surface area contributed by atoms with Crippen molar-refractivity contribution in [3.8, 4) is 5.75 Å². The van der Waals surface area contributed by atoms with E-state index in [0.717, 1.165) is 10.9 Å². The molecule has 0 aliphatic carbocycles. The fraction of sp³-hybridized carbons (Fsp3) is 0.400. The van der Waals surface area contributed by atoms with Crippen LogP contribution in [-0.4, -0.2) is 17.2 Å². The van der Waals surface area contributed by atoms with E-state index in [1.54, 1.807) is 0 Å². The Hall–Kier alpha value is -1.53. The Bertz CT molecular complexity index is 671. The lowest BCUT2D eigenvalue weighted by atomic mass is 10.1. The Morgan fingerprint density at radius 1 is 0.870 bits per heavy atom. The van der Waals surface area contributed by atoms with E-state index in [1.807, 2.05) is 25.1 Å². The van der Waals surface area contributed by atoms with Gasteiger partial charge in [0.2, 0.25) is 0 Å². The molecule has 0 saturated heterocycles. The van der Waals surface area contributed by atoms with E-state index in [1.165, 1.54) is 16.6 Å². The average molecular weight is 329 g/mol. The zero-order valence-corrected chi connectivity index (χ0v) is 16.0. The van der Waals surface area contributed by atoms with E-state index in [4.69, 9.17) is 0 Å². The number of aromatic hydroxyl groups is 1. The summed E-state index contributed by atoms with van der Waals surface area (Å²) in [6.07, 6.45) is 0. The molecule has 124 valence electrons. The maximum absolute atomic E-state index is 10.4. The number of anilines is 1.